The molecule has 28 heavy (non-hydrogen) atoms. The largest absolute Gasteiger partial charge is 0.382 e. The van der Waals surface area contributed by atoms with E-state index in [1.165, 1.54) is 0 Å². The summed E-state index contributed by atoms with van der Waals surface area (Å²) >= 11 is 0. The summed E-state index contributed by atoms with van der Waals surface area (Å²) in [6, 6.07) is 11.4. The second kappa shape index (κ2) is 7.59. The highest BCUT2D eigenvalue weighted by atomic mass is 16.3. The van der Waals surface area contributed by atoms with Crippen LogP contribution in [0.1, 0.15) is 46.4 Å². The summed E-state index contributed by atoms with van der Waals surface area (Å²) in [4.78, 5) is 14.5. The SMILES string of the molecule is Cc1[nH]nc(CCC(=O)N2CCn3nc([C@H](O)c4ccccc4)cc3C2)c1C. The predicted molar refractivity (Wildman–Crippen MR) is 105 cm³/mol. The third-order valence-electron chi connectivity index (χ3n) is 5.49. The van der Waals surface area contributed by atoms with Crippen LogP contribution in [0, 0.1) is 13.8 Å². The van der Waals surface area contributed by atoms with E-state index in [-0.39, 0.29) is 5.91 Å². The number of carbonyl (C=O) groups is 1. The molecule has 0 fully saturated rings. The first-order valence-electron chi connectivity index (χ1n) is 9.61. The van der Waals surface area contributed by atoms with Crippen LogP contribution in [0.5, 0.6) is 0 Å². The van der Waals surface area contributed by atoms with E-state index in [1.807, 2.05) is 59.8 Å². The van der Waals surface area contributed by atoms with Crippen LogP contribution >= 0.6 is 0 Å². The van der Waals surface area contributed by atoms with E-state index in [2.05, 4.69) is 15.3 Å². The standard InChI is InChI=1S/C21H25N5O2/c1-14-15(2)22-23-18(14)8-9-20(27)25-10-11-26-17(13-25)12-19(24-26)21(28)16-6-4-3-5-7-16/h3-7,12,21,28H,8-11,13H2,1-2H3,(H,22,23)/t21-/m1/s1. The summed E-state index contributed by atoms with van der Waals surface area (Å²) in [5.74, 6) is 0.123. The van der Waals surface area contributed by atoms with Crippen molar-refractivity contribution in [2.45, 2.75) is 45.9 Å². The van der Waals surface area contributed by atoms with Gasteiger partial charge in [-0.05, 0) is 31.0 Å². The van der Waals surface area contributed by atoms with Gasteiger partial charge in [-0.15, -0.1) is 0 Å². The molecule has 0 aliphatic carbocycles. The van der Waals surface area contributed by atoms with Crippen LogP contribution in [0.2, 0.25) is 0 Å². The number of amides is 1. The highest BCUT2D eigenvalue weighted by Crippen LogP contribution is 2.24. The van der Waals surface area contributed by atoms with Crippen LogP contribution in [0.3, 0.4) is 0 Å². The van der Waals surface area contributed by atoms with Gasteiger partial charge in [0, 0.05) is 25.1 Å². The first kappa shape index (κ1) is 18.4. The number of nitrogens with zero attached hydrogens (tertiary/aromatic N) is 4. The lowest BCUT2D eigenvalue weighted by Gasteiger charge is -2.27. The van der Waals surface area contributed by atoms with Crippen molar-refractivity contribution in [2.75, 3.05) is 6.54 Å². The molecule has 3 heterocycles. The zero-order valence-electron chi connectivity index (χ0n) is 16.2. The number of nitrogens with one attached hydrogen (secondary N) is 1. The number of fused-ring (bicyclic) bond motifs is 1. The number of aromatic amines is 1. The Morgan fingerprint density at radius 1 is 1.25 bits per heavy atom. The monoisotopic (exact) mass is 379 g/mol. The molecule has 146 valence electrons. The fourth-order valence-corrected chi connectivity index (χ4v) is 3.60. The van der Waals surface area contributed by atoms with Gasteiger partial charge >= 0.3 is 0 Å². The summed E-state index contributed by atoms with van der Waals surface area (Å²) < 4.78 is 1.90. The maximum absolute atomic E-state index is 12.7. The topological polar surface area (TPSA) is 87.0 Å². The minimum absolute atomic E-state index is 0.123. The molecule has 2 N–H and O–H groups in total. The van der Waals surface area contributed by atoms with Crippen molar-refractivity contribution in [3.63, 3.8) is 0 Å². The number of hydrogen-bond acceptors (Lipinski definition) is 4. The number of aliphatic hydroxyl groups is 1. The molecule has 0 spiro atoms. The van der Waals surface area contributed by atoms with Crippen molar-refractivity contribution in [1.29, 1.82) is 0 Å². The maximum atomic E-state index is 12.7. The molecule has 0 radical (unpaired) electrons. The molecule has 1 aliphatic heterocycles. The van der Waals surface area contributed by atoms with Crippen molar-refractivity contribution in [3.8, 4) is 0 Å². The number of aryl methyl sites for hydroxylation is 2. The summed E-state index contributed by atoms with van der Waals surface area (Å²) in [5.41, 5.74) is 5.53. The molecule has 1 aromatic carbocycles. The molecular formula is C21H25N5O2. The highest BCUT2D eigenvalue weighted by Gasteiger charge is 2.24. The number of hydrogen-bond donors (Lipinski definition) is 2. The van der Waals surface area contributed by atoms with Gasteiger partial charge < -0.3 is 10.0 Å². The van der Waals surface area contributed by atoms with E-state index in [1.54, 1.807) is 0 Å². The molecule has 1 amide bonds. The minimum Gasteiger partial charge on any atom is -0.382 e. The second-order valence-corrected chi connectivity index (χ2v) is 7.33. The zero-order chi connectivity index (χ0) is 19.7. The van der Waals surface area contributed by atoms with Crippen LogP contribution in [0.25, 0.3) is 0 Å². The van der Waals surface area contributed by atoms with Crippen LogP contribution in [0.15, 0.2) is 36.4 Å². The number of H-pyrrole nitrogens is 1. The van der Waals surface area contributed by atoms with Gasteiger partial charge in [-0.25, -0.2) is 0 Å². The molecule has 1 aliphatic rings. The van der Waals surface area contributed by atoms with Crippen molar-refractivity contribution >= 4 is 5.91 Å². The summed E-state index contributed by atoms with van der Waals surface area (Å²) in [6.07, 6.45) is 0.330. The minimum atomic E-state index is -0.755. The normalized spacial score (nSPS) is 14.8. The molecule has 0 saturated carbocycles. The molecule has 2 aromatic heterocycles. The number of aliphatic hydroxyl groups excluding tert-OH is 1. The first-order valence-corrected chi connectivity index (χ1v) is 9.61. The van der Waals surface area contributed by atoms with Crippen molar-refractivity contribution in [2.24, 2.45) is 0 Å². The Hall–Kier alpha value is -2.93. The molecule has 0 unspecified atom stereocenters. The number of aromatic nitrogens is 4. The molecule has 4 rings (SSSR count). The Morgan fingerprint density at radius 3 is 2.75 bits per heavy atom. The molecule has 1 atom stereocenters. The molecular weight excluding hydrogens is 354 g/mol. The Morgan fingerprint density at radius 2 is 2.04 bits per heavy atom. The van der Waals surface area contributed by atoms with Gasteiger partial charge in [0.05, 0.1) is 30.2 Å². The lowest BCUT2D eigenvalue weighted by atomic mass is 10.1. The molecule has 0 bridgehead atoms. The summed E-state index contributed by atoms with van der Waals surface area (Å²) in [5, 5.41) is 22.4. The van der Waals surface area contributed by atoms with Crippen LogP contribution in [0.4, 0.5) is 0 Å². The van der Waals surface area contributed by atoms with E-state index in [4.69, 9.17) is 0 Å². The third kappa shape index (κ3) is 3.57. The van der Waals surface area contributed by atoms with Gasteiger partial charge in [-0.1, -0.05) is 30.3 Å². The highest BCUT2D eigenvalue weighted by molar-refractivity contribution is 5.76. The molecule has 0 saturated heterocycles. The quantitative estimate of drug-likeness (QED) is 0.712. The van der Waals surface area contributed by atoms with Gasteiger partial charge in [0.25, 0.3) is 0 Å². The molecule has 7 nitrogen and oxygen atoms in total. The first-order chi connectivity index (χ1) is 13.5. The van der Waals surface area contributed by atoms with E-state index in [0.29, 0.717) is 38.2 Å². The smallest absolute Gasteiger partial charge is 0.223 e. The Bertz CT molecular complexity index is 976. The Balaban J connectivity index is 1.41. The van der Waals surface area contributed by atoms with E-state index in [9.17, 15) is 9.90 Å². The lowest BCUT2D eigenvalue weighted by molar-refractivity contribution is -0.132. The van der Waals surface area contributed by atoms with Crippen molar-refractivity contribution in [3.05, 3.63) is 70.3 Å². The average Bonchev–Trinajstić information content (AvgIpc) is 3.29. The summed E-state index contributed by atoms with van der Waals surface area (Å²) in [6.45, 7) is 5.81. The van der Waals surface area contributed by atoms with Gasteiger partial charge in [0.15, 0.2) is 0 Å². The average molecular weight is 379 g/mol. The zero-order valence-corrected chi connectivity index (χ0v) is 16.2. The number of carbonyl (C=O) groups excluding carboxylic acids is 1. The van der Waals surface area contributed by atoms with E-state index in [0.717, 1.165) is 28.2 Å². The lowest BCUT2D eigenvalue weighted by Crippen LogP contribution is -2.38. The maximum Gasteiger partial charge on any atom is 0.223 e. The Kier molecular flexibility index (Phi) is 5.00. The van der Waals surface area contributed by atoms with Crippen molar-refractivity contribution in [1.82, 2.24) is 24.9 Å². The fraction of sp³-hybridized carbons (Fsp3) is 0.381. The second-order valence-electron chi connectivity index (χ2n) is 7.33. The fourth-order valence-electron chi connectivity index (χ4n) is 3.60. The molecule has 7 heteroatoms. The molecule has 3 aromatic rings. The van der Waals surface area contributed by atoms with E-state index < -0.39 is 6.10 Å². The van der Waals surface area contributed by atoms with Gasteiger partial charge in [0.2, 0.25) is 5.91 Å². The van der Waals surface area contributed by atoms with E-state index >= 15 is 0 Å². The third-order valence-corrected chi connectivity index (χ3v) is 5.49. The number of rotatable bonds is 5. The predicted octanol–water partition coefficient (Wildman–Crippen LogP) is 2.28. The van der Waals surface area contributed by atoms with Gasteiger partial charge in [-0.3, -0.25) is 14.6 Å². The van der Waals surface area contributed by atoms with Gasteiger partial charge in [0.1, 0.15) is 6.10 Å². The van der Waals surface area contributed by atoms with Crippen LogP contribution in [-0.2, 0) is 24.3 Å². The van der Waals surface area contributed by atoms with Crippen molar-refractivity contribution < 1.29 is 9.90 Å². The summed E-state index contributed by atoms with van der Waals surface area (Å²) in [7, 11) is 0. The van der Waals surface area contributed by atoms with Crippen LogP contribution < -0.4 is 0 Å². The Labute approximate surface area is 164 Å². The van der Waals surface area contributed by atoms with Crippen LogP contribution in [-0.4, -0.2) is 42.4 Å². The number of benzene rings is 1. The van der Waals surface area contributed by atoms with Gasteiger partial charge in [-0.2, -0.15) is 10.2 Å².